The number of thioether (sulfide) groups is 2. The lowest BCUT2D eigenvalue weighted by Crippen LogP contribution is -2.81. The number of hydrogen-bond acceptors (Lipinski definition) is 10. The van der Waals surface area contributed by atoms with Crippen molar-refractivity contribution in [3.8, 4) is 0 Å². The van der Waals surface area contributed by atoms with E-state index in [1.807, 2.05) is 0 Å². The van der Waals surface area contributed by atoms with Crippen LogP contribution >= 0.6 is 34.9 Å². The normalized spacial score (nSPS) is 22.6. The number of rotatable bonds is 9. The van der Waals surface area contributed by atoms with Gasteiger partial charge in [-0.15, -0.1) is 23.1 Å². The number of carboxylic acid groups (broad SMARTS) is 1. The van der Waals surface area contributed by atoms with Gasteiger partial charge in [0.25, 0.3) is 17.5 Å². The summed E-state index contributed by atoms with van der Waals surface area (Å²) in [4.78, 5) is 55.5. The minimum Gasteiger partial charge on any atom is -0.477 e. The topological polar surface area (TPSA) is 193 Å². The van der Waals surface area contributed by atoms with Gasteiger partial charge in [0.15, 0.2) is 5.16 Å². The number of carboxylic acids is 1. The van der Waals surface area contributed by atoms with E-state index in [4.69, 9.17) is 10.5 Å². The highest BCUT2D eigenvalue weighted by molar-refractivity contribution is 8.01. The first-order chi connectivity index (χ1) is 16.3. The summed E-state index contributed by atoms with van der Waals surface area (Å²) >= 11 is 3.73. The van der Waals surface area contributed by atoms with Gasteiger partial charge in [0.05, 0.1) is 0 Å². The molecule has 3 atom stereocenters. The van der Waals surface area contributed by atoms with Crippen LogP contribution < -0.4 is 16.4 Å². The molecule has 0 saturated carbocycles. The Bertz CT molecular complexity index is 1140. The summed E-state index contributed by atoms with van der Waals surface area (Å²) in [6.07, 6.45) is 1.34. The lowest BCUT2D eigenvalue weighted by atomic mass is 9.97. The summed E-state index contributed by atoms with van der Waals surface area (Å²) in [6.45, 7) is 0. The molecule has 2 aliphatic rings. The van der Waals surface area contributed by atoms with Crippen molar-refractivity contribution in [3.05, 3.63) is 40.0 Å². The van der Waals surface area contributed by atoms with Crippen LogP contribution in [-0.4, -0.2) is 78.7 Å². The average Bonchev–Trinajstić information content (AvgIpc) is 3.52. The molecular weight excluding hydrogens is 506 g/mol. The fraction of sp³-hybridized carbons (Fsp3) is 0.333. The number of H-pyrrole nitrogens is 1. The van der Waals surface area contributed by atoms with Crippen molar-refractivity contribution in [2.45, 2.75) is 22.3 Å². The monoisotopic (exact) mass is 525 g/mol. The molecule has 13 nitrogen and oxygen atoms in total. The van der Waals surface area contributed by atoms with Gasteiger partial charge in [-0.2, -0.15) is 5.10 Å². The molecule has 4 amide bonds. The predicted octanol–water partition coefficient (Wildman–Crippen LogP) is 0.0806. The lowest BCUT2D eigenvalue weighted by Gasteiger charge is -2.56. The molecule has 2 aromatic heterocycles. The molecule has 2 unspecified atom stereocenters. The number of aromatic amines is 1. The summed E-state index contributed by atoms with van der Waals surface area (Å²) in [5, 5.41) is 22.6. The number of thiophene rings is 1. The second-order valence-electron chi connectivity index (χ2n) is 7.06. The highest BCUT2D eigenvalue weighted by atomic mass is 32.2. The number of fused-ring (bicyclic) bond motifs is 1. The Labute approximate surface area is 204 Å². The van der Waals surface area contributed by atoms with E-state index in [9.17, 15) is 24.3 Å². The molecule has 180 valence electrons. The second-order valence-corrected chi connectivity index (χ2v) is 10.1. The molecule has 1 fully saturated rings. The maximum absolute atomic E-state index is 13.2. The molecule has 2 aliphatic heterocycles. The number of carbonyl (C=O) groups excluding carboxylic acids is 3. The number of nitrogens with zero attached hydrogens (tertiary/aromatic N) is 3. The van der Waals surface area contributed by atoms with E-state index in [1.165, 1.54) is 48.3 Å². The van der Waals surface area contributed by atoms with Gasteiger partial charge in [0, 0.05) is 23.5 Å². The van der Waals surface area contributed by atoms with Crippen molar-refractivity contribution < 1.29 is 29.0 Å². The van der Waals surface area contributed by atoms with Crippen LogP contribution in [0.1, 0.15) is 10.9 Å². The molecule has 0 radical (unpaired) electrons. The highest BCUT2D eigenvalue weighted by Gasteiger charge is 2.66. The first kappa shape index (κ1) is 24.1. The summed E-state index contributed by atoms with van der Waals surface area (Å²) in [6, 6.07) is 1.27. The van der Waals surface area contributed by atoms with E-state index in [0.717, 1.165) is 4.90 Å². The molecular formula is C18H19N7O6S3. The Morgan fingerprint density at radius 1 is 1.50 bits per heavy atom. The number of hydrogen-bond donors (Lipinski definition) is 5. The minimum atomic E-state index is -1.80. The third-order valence-corrected chi connectivity index (χ3v) is 8.37. The van der Waals surface area contributed by atoms with Gasteiger partial charge < -0.3 is 26.2 Å². The number of ether oxygens (including phenoxy) is 1. The number of urea groups is 1. The van der Waals surface area contributed by atoms with Crippen LogP contribution in [0.5, 0.6) is 0 Å². The Kier molecular flexibility index (Phi) is 6.83. The number of primary amides is 1. The molecule has 1 saturated heterocycles. The second kappa shape index (κ2) is 9.65. The number of aromatic nitrogens is 3. The maximum Gasteiger partial charge on any atom is 0.352 e. The van der Waals surface area contributed by atoms with Crippen LogP contribution in [0, 0.1) is 0 Å². The van der Waals surface area contributed by atoms with Crippen molar-refractivity contribution in [3.63, 3.8) is 0 Å². The summed E-state index contributed by atoms with van der Waals surface area (Å²) in [5.41, 5.74) is 3.78. The number of aliphatic carboxylic acids is 1. The third-order valence-electron chi connectivity index (χ3n) is 5.10. The fourth-order valence-corrected chi connectivity index (χ4v) is 6.72. The zero-order valence-electron chi connectivity index (χ0n) is 17.5. The molecule has 0 aliphatic carbocycles. The fourth-order valence-electron chi connectivity index (χ4n) is 3.59. The van der Waals surface area contributed by atoms with Crippen LogP contribution in [0.3, 0.4) is 0 Å². The SMILES string of the molecule is CO[C@@]1(NC(=O)C(NC(N)=O)c2cccs2)C(=O)N2C(C(=O)O)=C(CSc3ncn[nH]3)CSC21. The molecule has 0 spiro atoms. The molecule has 34 heavy (non-hydrogen) atoms. The molecule has 6 N–H and O–H groups in total. The zero-order chi connectivity index (χ0) is 24.5. The number of carbonyl (C=O) groups is 4. The predicted molar refractivity (Wildman–Crippen MR) is 123 cm³/mol. The minimum absolute atomic E-state index is 0.159. The number of nitrogens with two attached hydrogens (primary N) is 1. The standard InChI is InChI=1S/C18H19N7O6S3/c1-31-18(23-12(26)10(22-16(19)30)9-3-2-4-32-9)14(29)25-11(13(27)28)8(5-33-15(18)25)6-34-17-20-7-21-24-17/h2-4,7,10,15H,5-6H2,1H3,(H,23,26)(H,27,28)(H3,19,22,30)(H,20,21,24)/t10?,15?,18-/m0/s1. The van der Waals surface area contributed by atoms with Crippen molar-refractivity contribution >= 4 is 58.7 Å². The van der Waals surface area contributed by atoms with Crippen LogP contribution in [0.2, 0.25) is 0 Å². The molecule has 2 aromatic rings. The third kappa shape index (κ3) is 4.24. The van der Waals surface area contributed by atoms with Gasteiger partial charge in [0.1, 0.15) is 23.4 Å². The Morgan fingerprint density at radius 3 is 2.88 bits per heavy atom. The van der Waals surface area contributed by atoms with Crippen molar-refractivity contribution in [2.24, 2.45) is 5.73 Å². The quantitative estimate of drug-likeness (QED) is 0.170. The highest BCUT2D eigenvalue weighted by Crippen LogP contribution is 2.47. The lowest BCUT2D eigenvalue weighted by molar-refractivity contribution is -0.192. The van der Waals surface area contributed by atoms with E-state index in [-0.39, 0.29) is 17.2 Å². The average molecular weight is 526 g/mol. The van der Waals surface area contributed by atoms with E-state index < -0.39 is 41.0 Å². The number of β-lactam (4-membered cyclic amide) rings is 1. The molecule has 4 rings (SSSR count). The summed E-state index contributed by atoms with van der Waals surface area (Å²) in [7, 11) is 1.25. The summed E-state index contributed by atoms with van der Waals surface area (Å²) in [5.74, 6) is -2.16. The van der Waals surface area contributed by atoms with E-state index >= 15 is 0 Å². The number of amides is 4. The number of methoxy groups -OCH3 is 1. The van der Waals surface area contributed by atoms with Crippen molar-refractivity contribution in [2.75, 3.05) is 18.6 Å². The smallest absolute Gasteiger partial charge is 0.352 e. The van der Waals surface area contributed by atoms with Crippen LogP contribution in [-0.2, 0) is 19.1 Å². The van der Waals surface area contributed by atoms with Gasteiger partial charge in [-0.3, -0.25) is 19.6 Å². The van der Waals surface area contributed by atoms with Crippen molar-refractivity contribution in [1.82, 2.24) is 30.7 Å². The molecule has 0 bridgehead atoms. The van der Waals surface area contributed by atoms with Gasteiger partial charge in [-0.25, -0.2) is 14.6 Å². The molecule has 0 aromatic carbocycles. The van der Waals surface area contributed by atoms with E-state index in [0.29, 0.717) is 15.6 Å². The number of nitrogens with one attached hydrogen (secondary N) is 3. The maximum atomic E-state index is 13.2. The molecule has 4 heterocycles. The van der Waals surface area contributed by atoms with Crippen LogP contribution in [0.4, 0.5) is 4.79 Å². The Balaban J connectivity index is 1.57. The summed E-state index contributed by atoms with van der Waals surface area (Å²) < 4.78 is 5.45. The first-order valence-electron chi connectivity index (χ1n) is 9.63. The largest absolute Gasteiger partial charge is 0.477 e. The zero-order valence-corrected chi connectivity index (χ0v) is 20.0. The van der Waals surface area contributed by atoms with Crippen molar-refractivity contribution in [1.29, 1.82) is 0 Å². The molecule has 16 heteroatoms. The Morgan fingerprint density at radius 2 is 2.29 bits per heavy atom. The van der Waals surface area contributed by atoms with Gasteiger partial charge in [-0.05, 0) is 17.0 Å². The van der Waals surface area contributed by atoms with E-state index in [2.05, 4.69) is 25.8 Å². The van der Waals surface area contributed by atoms with Crippen LogP contribution in [0.15, 0.2) is 40.3 Å². The van der Waals surface area contributed by atoms with Gasteiger partial charge in [0.2, 0.25) is 0 Å². The van der Waals surface area contributed by atoms with Gasteiger partial charge in [-0.1, -0.05) is 17.8 Å². The first-order valence-corrected chi connectivity index (χ1v) is 12.5. The van der Waals surface area contributed by atoms with Crippen LogP contribution in [0.25, 0.3) is 0 Å². The Hall–Kier alpha value is -3.08. The van der Waals surface area contributed by atoms with E-state index in [1.54, 1.807) is 17.5 Å². The van der Waals surface area contributed by atoms with Gasteiger partial charge >= 0.3 is 12.0 Å².